The maximum Gasteiger partial charge on any atom is 0.313 e. The Bertz CT molecular complexity index is 396. The summed E-state index contributed by atoms with van der Waals surface area (Å²) in [7, 11) is 0. The number of benzene rings is 1. The molecule has 0 aromatic heterocycles. The van der Waals surface area contributed by atoms with Crippen LogP contribution >= 0.6 is 0 Å². The van der Waals surface area contributed by atoms with Gasteiger partial charge in [-0.3, -0.25) is 4.79 Å². The van der Waals surface area contributed by atoms with Gasteiger partial charge in [0, 0.05) is 6.54 Å². The zero-order chi connectivity index (χ0) is 13.6. The lowest BCUT2D eigenvalue weighted by atomic mass is 9.76. The number of hydrogen-bond acceptors (Lipinski definition) is 3. The van der Waals surface area contributed by atoms with Crippen LogP contribution in [0.5, 0.6) is 0 Å². The second-order valence-electron chi connectivity index (χ2n) is 5.27. The maximum absolute atomic E-state index is 12.3. The molecule has 0 saturated carbocycles. The third-order valence-electron chi connectivity index (χ3n) is 3.92. The van der Waals surface area contributed by atoms with Gasteiger partial charge in [-0.2, -0.15) is 0 Å². The minimum absolute atomic E-state index is 0.0295. The van der Waals surface area contributed by atoms with Crippen LogP contribution in [0.1, 0.15) is 31.7 Å². The lowest BCUT2D eigenvalue weighted by molar-refractivity contribution is -0.157. The monoisotopic (exact) mass is 261 g/mol. The van der Waals surface area contributed by atoms with Crippen LogP contribution < -0.4 is 5.32 Å². The van der Waals surface area contributed by atoms with Crippen molar-refractivity contribution < 1.29 is 9.53 Å². The van der Waals surface area contributed by atoms with E-state index >= 15 is 0 Å². The van der Waals surface area contributed by atoms with Crippen LogP contribution in [0, 0.1) is 5.41 Å². The molecule has 1 aromatic carbocycles. The Kier molecular flexibility index (Phi) is 4.97. The molecular weight excluding hydrogens is 238 g/mol. The van der Waals surface area contributed by atoms with Gasteiger partial charge in [0.15, 0.2) is 0 Å². The molecule has 1 aliphatic heterocycles. The van der Waals surface area contributed by atoms with Gasteiger partial charge >= 0.3 is 5.97 Å². The SMILES string of the molecule is CCOC(=O)C1(CCc2ccccc2)CCCNC1. The Morgan fingerprint density at radius 2 is 2.16 bits per heavy atom. The van der Waals surface area contributed by atoms with E-state index in [-0.39, 0.29) is 11.4 Å². The van der Waals surface area contributed by atoms with E-state index in [1.54, 1.807) is 0 Å². The van der Waals surface area contributed by atoms with Gasteiger partial charge in [-0.25, -0.2) is 0 Å². The third-order valence-corrected chi connectivity index (χ3v) is 3.92. The van der Waals surface area contributed by atoms with Crippen LogP contribution in [0.25, 0.3) is 0 Å². The van der Waals surface area contributed by atoms with Gasteiger partial charge < -0.3 is 10.1 Å². The smallest absolute Gasteiger partial charge is 0.313 e. The van der Waals surface area contributed by atoms with Crippen molar-refractivity contribution in [3.63, 3.8) is 0 Å². The van der Waals surface area contributed by atoms with Gasteiger partial charge in [0.2, 0.25) is 0 Å². The van der Waals surface area contributed by atoms with E-state index in [9.17, 15) is 4.79 Å². The van der Waals surface area contributed by atoms with Crippen molar-refractivity contribution in [2.75, 3.05) is 19.7 Å². The first-order valence-electron chi connectivity index (χ1n) is 7.19. The summed E-state index contributed by atoms with van der Waals surface area (Å²) in [5.41, 5.74) is 0.959. The van der Waals surface area contributed by atoms with Crippen LogP contribution in [0.2, 0.25) is 0 Å². The molecule has 0 radical (unpaired) electrons. The molecule has 1 atom stereocenters. The van der Waals surface area contributed by atoms with E-state index in [2.05, 4.69) is 17.4 Å². The molecule has 0 bridgehead atoms. The van der Waals surface area contributed by atoms with Crippen molar-refractivity contribution in [1.82, 2.24) is 5.32 Å². The van der Waals surface area contributed by atoms with Gasteiger partial charge in [0.05, 0.1) is 12.0 Å². The van der Waals surface area contributed by atoms with Crippen molar-refractivity contribution >= 4 is 5.97 Å². The fourth-order valence-corrected chi connectivity index (χ4v) is 2.77. The second-order valence-corrected chi connectivity index (χ2v) is 5.27. The molecule has 3 nitrogen and oxygen atoms in total. The summed E-state index contributed by atoms with van der Waals surface area (Å²) in [6.45, 7) is 4.09. The fraction of sp³-hybridized carbons (Fsp3) is 0.562. The molecule has 2 rings (SSSR count). The Labute approximate surface area is 115 Å². The summed E-state index contributed by atoms with van der Waals surface area (Å²) in [6, 6.07) is 10.4. The van der Waals surface area contributed by atoms with Gasteiger partial charge in [-0.15, -0.1) is 0 Å². The number of nitrogens with one attached hydrogen (secondary N) is 1. The summed E-state index contributed by atoms with van der Waals surface area (Å²) in [5.74, 6) is -0.0295. The van der Waals surface area contributed by atoms with Gasteiger partial charge in [-0.05, 0) is 44.7 Å². The molecule has 0 spiro atoms. The third kappa shape index (κ3) is 3.57. The fourth-order valence-electron chi connectivity index (χ4n) is 2.77. The molecule has 0 amide bonds. The summed E-state index contributed by atoms with van der Waals surface area (Å²) in [4.78, 5) is 12.3. The molecule has 104 valence electrons. The minimum atomic E-state index is -0.329. The molecule has 1 fully saturated rings. The maximum atomic E-state index is 12.3. The minimum Gasteiger partial charge on any atom is -0.466 e. The number of aryl methyl sites for hydroxylation is 1. The number of esters is 1. The highest BCUT2D eigenvalue weighted by Crippen LogP contribution is 2.33. The molecule has 1 saturated heterocycles. The van der Waals surface area contributed by atoms with E-state index in [1.165, 1.54) is 5.56 Å². The van der Waals surface area contributed by atoms with E-state index in [0.29, 0.717) is 6.61 Å². The Morgan fingerprint density at radius 3 is 2.79 bits per heavy atom. The Hall–Kier alpha value is -1.35. The van der Waals surface area contributed by atoms with Gasteiger partial charge in [-0.1, -0.05) is 30.3 Å². The Morgan fingerprint density at radius 1 is 1.37 bits per heavy atom. The molecule has 1 heterocycles. The molecule has 0 aliphatic carbocycles. The average molecular weight is 261 g/mol. The van der Waals surface area contributed by atoms with Crippen LogP contribution in [0.4, 0.5) is 0 Å². The van der Waals surface area contributed by atoms with E-state index < -0.39 is 0 Å². The first-order chi connectivity index (χ1) is 9.27. The molecule has 1 aliphatic rings. The van der Waals surface area contributed by atoms with Crippen molar-refractivity contribution in [3.05, 3.63) is 35.9 Å². The second kappa shape index (κ2) is 6.71. The van der Waals surface area contributed by atoms with Gasteiger partial charge in [0.25, 0.3) is 0 Å². The highest BCUT2D eigenvalue weighted by atomic mass is 16.5. The highest BCUT2D eigenvalue weighted by molar-refractivity contribution is 5.77. The number of ether oxygens (including phenoxy) is 1. The highest BCUT2D eigenvalue weighted by Gasteiger charge is 2.40. The van der Waals surface area contributed by atoms with Crippen molar-refractivity contribution in [1.29, 1.82) is 0 Å². The van der Waals surface area contributed by atoms with E-state index in [0.717, 1.165) is 38.8 Å². The number of rotatable bonds is 5. The topological polar surface area (TPSA) is 38.3 Å². The molecule has 1 aromatic rings. The summed E-state index contributed by atoms with van der Waals surface area (Å²) >= 11 is 0. The standard InChI is InChI=1S/C16H23NO2/c1-2-19-15(18)16(10-6-12-17-13-16)11-9-14-7-4-3-5-8-14/h3-5,7-8,17H,2,6,9-13H2,1H3. The summed E-state index contributed by atoms with van der Waals surface area (Å²) in [5, 5.41) is 3.35. The lowest BCUT2D eigenvalue weighted by Gasteiger charge is -2.35. The molecule has 1 N–H and O–H groups in total. The van der Waals surface area contributed by atoms with Crippen LogP contribution in [0.3, 0.4) is 0 Å². The predicted molar refractivity (Wildman–Crippen MR) is 75.9 cm³/mol. The average Bonchev–Trinajstić information content (AvgIpc) is 2.47. The number of carbonyl (C=O) groups is 1. The summed E-state index contributed by atoms with van der Waals surface area (Å²) < 4.78 is 5.29. The number of carbonyl (C=O) groups excluding carboxylic acids is 1. The van der Waals surface area contributed by atoms with Crippen molar-refractivity contribution in [2.24, 2.45) is 5.41 Å². The lowest BCUT2D eigenvalue weighted by Crippen LogP contribution is -2.46. The van der Waals surface area contributed by atoms with Crippen LogP contribution in [0.15, 0.2) is 30.3 Å². The van der Waals surface area contributed by atoms with Crippen LogP contribution in [-0.2, 0) is 16.0 Å². The van der Waals surface area contributed by atoms with Gasteiger partial charge in [0.1, 0.15) is 0 Å². The zero-order valence-corrected chi connectivity index (χ0v) is 11.7. The first kappa shape index (κ1) is 14.1. The van der Waals surface area contributed by atoms with Crippen LogP contribution in [-0.4, -0.2) is 25.7 Å². The molecule has 3 heteroatoms. The molecular formula is C16H23NO2. The normalized spacial score (nSPS) is 23.0. The van der Waals surface area contributed by atoms with E-state index in [4.69, 9.17) is 4.74 Å². The number of piperidine rings is 1. The van der Waals surface area contributed by atoms with Crippen molar-refractivity contribution in [3.8, 4) is 0 Å². The zero-order valence-electron chi connectivity index (χ0n) is 11.7. The summed E-state index contributed by atoms with van der Waals surface area (Å²) in [6.07, 6.45) is 3.78. The molecule has 1 unspecified atom stereocenters. The first-order valence-corrected chi connectivity index (χ1v) is 7.19. The number of hydrogen-bond donors (Lipinski definition) is 1. The quantitative estimate of drug-likeness (QED) is 0.828. The predicted octanol–water partition coefficient (Wildman–Crippen LogP) is 2.55. The van der Waals surface area contributed by atoms with Crippen molar-refractivity contribution in [2.45, 2.75) is 32.6 Å². The van der Waals surface area contributed by atoms with E-state index in [1.807, 2.05) is 25.1 Å². The Balaban J connectivity index is 2.03. The molecule has 19 heavy (non-hydrogen) atoms. The largest absolute Gasteiger partial charge is 0.466 e.